The molecule has 1 aromatic rings. The maximum absolute atomic E-state index is 12.6. The van der Waals surface area contributed by atoms with Crippen LogP contribution in [-0.2, 0) is 6.54 Å². The van der Waals surface area contributed by atoms with E-state index in [4.69, 9.17) is 5.73 Å². The number of hydrogen-bond donors (Lipinski definition) is 1. The highest BCUT2D eigenvalue weighted by atomic mass is 19.3. The van der Waals surface area contributed by atoms with E-state index in [2.05, 4.69) is 10.2 Å². The molecule has 1 aliphatic rings. The molecule has 0 radical (unpaired) electrons. The standard InChI is InChI=1S/C9H12F2N4/c1-6-2-7(3-12)13-14-8(6)15-4-9(10,11)5-15/h2H,3-5,12H2,1H3. The molecule has 0 bridgehead atoms. The molecule has 0 aliphatic carbocycles. The van der Waals surface area contributed by atoms with E-state index in [0.717, 1.165) is 5.56 Å². The molecular formula is C9H12F2N4. The molecule has 1 fully saturated rings. The number of anilines is 1. The Hall–Kier alpha value is -1.30. The predicted octanol–water partition coefficient (Wildman–Crippen LogP) is 0.699. The Kier molecular flexibility index (Phi) is 2.30. The lowest BCUT2D eigenvalue weighted by Gasteiger charge is -2.39. The third kappa shape index (κ3) is 1.90. The van der Waals surface area contributed by atoms with Gasteiger partial charge in [-0.15, -0.1) is 5.10 Å². The Morgan fingerprint density at radius 3 is 2.60 bits per heavy atom. The van der Waals surface area contributed by atoms with E-state index in [9.17, 15) is 8.78 Å². The first-order valence-corrected chi connectivity index (χ1v) is 4.68. The lowest BCUT2D eigenvalue weighted by Crippen LogP contribution is -2.57. The average Bonchev–Trinajstić information content (AvgIpc) is 2.14. The fourth-order valence-electron chi connectivity index (χ4n) is 1.61. The molecule has 0 aromatic carbocycles. The number of hydrogen-bond acceptors (Lipinski definition) is 4. The Labute approximate surface area is 86.1 Å². The van der Waals surface area contributed by atoms with Crippen molar-refractivity contribution in [2.75, 3.05) is 18.0 Å². The summed E-state index contributed by atoms with van der Waals surface area (Å²) in [6.07, 6.45) is 0. The smallest absolute Gasteiger partial charge is 0.282 e. The monoisotopic (exact) mass is 214 g/mol. The molecule has 15 heavy (non-hydrogen) atoms. The number of alkyl halides is 2. The lowest BCUT2D eigenvalue weighted by molar-refractivity contribution is -0.0268. The van der Waals surface area contributed by atoms with Gasteiger partial charge < -0.3 is 10.6 Å². The van der Waals surface area contributed by atoms with Crippen LogP contribution >= 0.6 is 0 Å². The molecule has 0 amide bonds. The van der Waals surface area contributed by atoms with Gasteiger partial charge in [-0.3, -0.25) is 0 Å². The number of aromatic nitrogens is 2. The molecule has 2 N–H and O–H groups in total. The van der Waals surface area contributed by atoms with Gasteiger partial charge in [0.15, 0.2) is 5.82 Å². The van der Waals surface area contributed by atoms with E-state index < -0.39 is 5.92 Å². The first kappa shape index (κ1) is 10.2. The first-order valence-electron chi connectivity index (χ1n) is 4.68. The average molecular weight is 214 g/mol. The van der Waals surface area contributed by atoms with Crippen LogP contribution in [0.4, 0.5) is 14.6 Å². The molecular weight excluding hydrogens is 202 g/mol. The summed E-state index contributed by atoms with van der Waals surface area (Å²) in [5.41, 5.74) is 6.90. The van der Waals surface area contributed by atoms with E-state index in [1.807, 2.05) is 6.92 Å². The van der Waals surface area contributed by atoms with Crippen LogP contribution in [0.25, 0.3) is 0 Å². The minimum atomic E-state index is -2.58. The molecule has 1 aliphatic heterocycles. The van der Waals surface area contributed by atoms with Gasteiger partial charge in [0.05, 0.1) is 18.8 Å². The van der Waals surface area contributed by atoms with Gasteiger partial charge >= 0.3 is 0 Å². The van der Waals surface area contributed by atoms with Gasteiger partial charge in [-0.05, 0) is 18.6 Å². The highest BCUT2D eigenvalue weighted by Gasteiger charge is 2.45. The highest BCUT2D eigenvalue weighted by molar-refractivity contribution is 5.49. The van der Waals surface area contributed by atoms with E-state index >= 15 is 0 Å². The van der Waals surface area contributed by atoms with Crippen LogP contribution in [0.15, 0.2) is 6.07 Å². The Morgan fingerprint density at radius 2 is 2.13 bits per heavy atom. The second-order valence-electron chi connectivity index (χ2n) is 3.76. The van der Waals surface area contributed by atoms with E-state index in [0.29, 0.717) is 18.1 Å². The van der Waals surface area contributed by atoms with Crippen LogP contribution in [-0.4, -0.2) is 29.2 Å². The maximum Gasteiger partial charge on any atom is 0.282 e. The van der Waals surface area contributed by atoms with Crippen molar-refractivity contribution < 1.29 is 8.78 Å². The second-order valence-corrected chi connectivity index (χ2v) is 3.76. The van der Waals surface area contributed by atoms with Crippen molar-refractivity contribution in [1.29, 1.82) is 0 Å². The summed E-state index contributed by atoms with van der Waals surface area (Å²) in [6, 6.07) is 1.78. The SMILES string of the molecule is Cc1cc(CN)nnc1N1CC(F)(F)C1. The van der Waals surface area contributed by atoms with Crippen LogP contribution in [0.2, 0.25) is 0 Å². The van der Waals surface area contributed by atoms with Crippen molar-refractivity contribution in [2.24, 2.45) is 5.73 Å². The largest absolute Gasteiger partial charge is 0.343 e. The summed E-state index contributed by atoms with van der Waals surface area (Å²) in [7, 11) is 0. The summed E-state index contributed by atoms with van der Waals surface area (Å²) in [4.78, 5) is 1.52. The topological polar surface area (TPSA) is 55.0 Å². The summed E-state index contributed by atoms with van der Waals surface area (Å²) < 4.78 is 25.3. The van der Waals surface area contributed by atoms with Gasteiger partial charge in [-0.1, -0.05) is 0 Å². The molecule has 1 saturated heterocycles. The van der Waals surface area contributed by atoms with Crippen molar-refractivity contribution in [3.05, 3.63) is 17.3 Å². The molecule has 2 heterocycles. The quantitative estimate of drug-likeness (QED) is 0.787. The molecule has 0 saturated carbocycles. The number of rotatable bonds is 2. The van der Waals surface area contributed by atoms with Crippen LogP contribution in [0.1, 0.15) is 11.3 Å². The van der Waals surface area contributed by atoms with Gasteiger partial charge in [0.2, 0.25) is 0 Å². The van der Waals surface area contributed by atoms with Gasteiger partial charge in [0, 0.05) is 6.54 Å². The minimum Gasteiger partial charge on any atom is -0.343 e. The second kappa shape index (κ2) is 3.37. The van der Waals surface area contributed by atoms with Gasteiger partial charge in [0.25, 0.3) is 5.92 Å². The fourth-order valence-corrected chi connectivity index (χ4v) is 1.61. The Bertz CT molecular complexity index is 372. The number of nitrogens with zero attached hydrogens (tertiary/aromatic N) is 3. The molecule has 0 spiro atoms. The molecule has 2 rings (SSSR count). The van der Waals surface area contributed by atoms with Crippen molar-refractivity contribution in [1.82, 2.24) is 10.2 Å². The first-order chi connectivity index (χ1) is 7.02. The zero-order chi connectivity index (χ0) is 11.1. The van der Waals surface area contributed by atoms with E-state index in [1.54, 1.807) is 6.07 Å². The molecule has 1 aromatic heterocycles. The van der Waals surface area contributed by atoms with E-state index in [-0.39, 0.29) is 13.1 Å². The third-order valence-corrected chi connectivity index (χ3v) is 2.36. The summed E-state index contributed by atoms with van der Waals surface area (Å²) in [5.74, 6) is -2.06. The third-order valence-electron chi connectivity index (χ3n) is 2.36. The van der Waals surface area contributed by atoms with Crippen LogP contribution in [0.5, 0.6) is 0 Å². The summed E-state index contributed by atoms with van der Waals surface area (Å²) >= 11 is 0. The molecule has 6 heteroatoms. The van der Waals surface area contributed by atoms with Crippen LogP contribution < -0.4 is 10.6 Å². The van der Waals surface area contributed by atoms with Crippen molar-refractivity contribution in [3.8, 4) is 0 Å². The van der Waals surface area contributed by atoms with E-state index in [1.165, 1.54) is 4.90 Å². The van der Waals surface area contributed by atoms with Crippen LogP contribution in [0.3, 0.4) is 0 Å². The fraction of sp³-hybridized carbons (Fsp3) is 0.556. The van der Waals surface area contributed by atoms with Gasteiger partial charge in [0.1, 0.15) is 0 Å². The zero-order valence-electron chi connectivity index (χ0n) is 8.37. The van der Waals surface area contributed by atoms with Gasteiger partial charge in [-0.2, -0.15) is 5.10 Å². The van der Waals surface area contributed by atoms with Crippen molar-refractivity contribution >= 4 is 5.82 Å². The Balaban J connectivity index is 2.17. The predicted molar refractivity (Wildman–Crippen MR) is 51.8 cm³/mol. The number of halogens is 2. The Morgan fingerprint density at radius 1 is 1.47 bits per heavy atom. The zero-order valence-corrected chi connectivity index (χ0v) is 8.37. The molecule has 0 atom stereocenters. The summed E-state index contributed by atoms with van der Waals surface area (Å²) in [6.45, 7) is 1.58. The molecule has 4 nitrogen and oxygen atoms in total. The normalized spacial score (nSPS) is 18.8. The van der Waals surface area contributed by atoms with Gasteiger partial charge in [-0.25, -0.2) is 8.78 Å². The molecule has 82 valence electrons. The highest BCUT2D eigenvalue weighted by Crippen LogP contribution is 2.31. The van der Waals surface area contributed by atoms with Crippen molar-refractivity contribution in [2.45, 2.75) is 19.4 Å². The van der Waals surface area contributed by atoms with Crippen molar-refractivity contribution in [3.63, 3.8) is 0 Å². The molecule has 0 unspecified atom stereocenters. The number of nitrogens with two attached hydrogens (primary N) is 1. The summed E-state index contributed by atoms with van der Waals surface area (Å²) in [5, 5.41) is 7.75. The number of aryl methyl sites for hydroxylation is 1. The minimum absolute atomic E-state index is 0.273. The van der Waals surface area contributed by atoms with Crippen LogP contribution in [0, 0.1) is 6.92 Å². The maximum atomic E-state index is 12.6. The lowest BCUT2D eigenvalue weighted by atomic mass is 10.1.